The Bertz CT molecular complexity index is 901. The lowest BCUT2D eigenvalue weighted by molar-refractivity contribution is -0.116. The molecule has 0 saturated heterocycles. The average Bonchev–Trinajstić information content (AvgIpc) is 3.41. The molecule has 0 heterocycles. The molecule has 0 aliphatic heterocycles. The molecule has 0 atom stereocenters. The van der Waals surface area contributed by atoms with Crippen LogP contribution in [0.2, 0.25) is 0 Å². The van der Waals surface area contributed by atoms with Crippen LogP contribution in [0, 0.1) is 0 Å². The maximum Gasteiger partial charge on any atom is 0.261 e. The first kappa shape index (κ1) is 18.5. The summed E-state index contributed by atoms with van der Waals surface area (Å²) in [6.45, 7) is 5.63. The second-order valence-electron chi connectivity index (χ2n) is 6.97. The van der Waals surface area contributed by atoms with Gasteiger partial charge in [0.1, 0.15) is 0 Å². The fourth-order valence-electron chi connectivity index (χ4n) is 2.96. The van der Waals surface area contributed by atoms with Crippen molar-refractivity contribution in [2.24, 2.45) is 0 Å². The van der Waals surface area contributed by atoms with E-state index in [1.165, 1.54) is 6.92 Å². The van der Waals surface area contributed by atoms with Crippen molar-refractivity contribution in [2.45, 2.75) is 50.5 Å². The number of nitrogens with one attached hydrogen (secondary N) is 1. The minimum absolute atomic E-state index is 0.0829. The van der Waals surface area contributed by atoms with Crippen molar-refractivity contribution in [1.82, 2.24) is 0 Å². The Morgan fingerprint density at radius 3 is 2.23 bits per heavy atom. The molecule has 0 unspecified atom stereocenters. The maximum atomic E-state index is 12.8. The number of rotatable bonds is 6. The molecule has 0 radical (unpaired) electrons. The van der Waals surface area contributed by atoms with E-state index in [-0.39, 0.29) is 16.8 Å². The SMILES string of the molecule is CC(=O)N(c1ccccc1NS(=O)(=O)c1ccc(C(C)C)cc1)C1CC1. The third kappa shape index (κ3) is 3.90. The topological polar surface area (TPSA) is 66.5 Å². The van der Waals surface area contributed by atoms with Gasteiger partial charge in [-0.3, -0.25) is 9.52 Å². The third-order valence-electron chi connectivity index (χ3n) is 4.52. The molecule has 0 bridgehead atoms. The van der Waals surface area contributed by atoms with Gasteiger partial charge < -0.3 is 4.90 Å². The van der Waals surface area contributed by atoms with E-state index in [2.05, 4.69) is 18.6 Å². The summed E-state index contributed by atoms with van der Waals surface area (Å²) >= 11 is 0. The molecule has 0 spiro atoms. The van der Waals surface area contributed by atoms with Gasteiger partial charge in [-0.25, -0.2) is 8.42 Å². The van der Waals surface area contributed by atoms with Crippen LogP contribution in [0.15, 0.2) is 53.4 Å². The van der Waals surface area contributed by atoms with E-state index < -0.39 is 10.0 Å². The highest BCUT2D eigenvalue weighted by atomic mass is 32.2. The monoisotopic (exact) mass is 372 g/mol. The number of para-hydroxylation sites is 2. The molecule has 3 rings (SSSR count). The van der Waals surface area contributed by atoms with Crippen molar-refractivity contribution >= 4 is 27.3 Å². The Morgan fingerprint density at radius 2 is 1.69 bits per heavy atom. The molecule has 1 fully saturated rings. The highest BCUT2D eigenvalue weighted by molar-refractivity contribution is 7.92. The van der Waals surface area contributed by atoms with E-state index in [0.29, 0.717) is 17.3 Å². The molecule has 5 nitrogen and oxygen atoms in total. The number of sulfonamides is 1. The highest BCUT2D eigenvalue weighted by Crippen LogP contribution is 2.36. The Hall–Kier alpha value is -2.34. The quantitative estimate of drug-likeness (QED) is 0.829. The van der Waals surface area contributed by atoms with Crippen LogP contribution in [0.5, 0.6) is 0 Å². The molecule has 1 N–H and O–H groups in total. The highest BCUT2D eigenvalue weighted by Gasteiger charge is 2.33. The molecule has 1 aliphatic rings. The van der Waals surface area contributed by atoms with Crippen molar-refractivity contribution in [3.05, 3.63) is 54.1 Å². The summed E-state index contributed by atoms with van der Waals surface area (Å²) in [4.78, 5) is 13.9. The predicted octanol–water partition coefficient (Wildman–Crippen LogP) is 4.13. The van der Waals surface area contributed by atoms with Crippen LogP contribution in [-0.2, 0) is 14.8 Å². The number of carbonyl (C=O) groups is 1. The van der Waals surface area contributed by atoms with E-state index >= 15 is 0 Å². The average molecular weight is 372 g/mol. The second-order valence-corrected chi connectivity index (χ2v) is 8.65. The summed E-state index contributed by atoms with van der Waals surface area (Å²) in [5, 5.41) is 0. The van der Waals surface area contributed by atoms with Crippen LogP contribution in [0.25, 0.3) is 0 Å². The number of carbonyl (C=O) groups excluding carboxylic acids is 1. The van der Waals surface area contributed by atoms with Crippen LogP contribution >= 0.6 is 0 Å². The van der Waals surface area contributed by atoms with Gasteiger partial charge in [-0.15, -0.1) is 0 Å². The number of benzene rings is 2. The standard InChI is InChI=1S/C20H24N2O3S/c1-14(2)16-8-12-18(13-9-16)26(24,25)21-19-6-4-5-7-20(19)22(15(3)23)17-10-11-17/h4-9,12-14,17,21H,10-11H2,1-3H3. The van der Waals surface area contributed by atoms with Gasteiger partial charge in [-0.1, -0.05) is 38.1 Å². The normalized spacial score (nSPS) is 14.3. The fourth-order valence-corrected chi connectivity index (χ4v) is 4.04. The molecule has 1 amide bonds. The minimum Gasteiger partial charge on any atom is -0.308 e. The lowest BCUT2D eigenvalue weighted by Crippen LogP contribution is -2.31. The first-order valence-electron chi connectivity index (χ1n) is 8.81. The van der Waals surface area contributed by atoms with Crippen molar-refractivity contribution in [3.63, 3.8) is 0 Å². The zero-order chi connectivity index (χ0) is 18.9. The van der Waals surface area contributed by atoms with Gasteiger partial charge in [0.15, 0.2) is 0 Å². The van der Waals surface area contributed by atoms with Crippen molar-refractivity contribution in [2.75, 3.05) is 9.62 Å². The van der Waals surface area contributed by atoms with E-state index in [1.807, 2.05) is 18.2 Å². The Labute approximate surface area is 155 Å². The molecule has 0 aromatic heterocycles. The van der Waals surface area contributed by atoms with E-state index in [0.717, 1.165) is 18.4 Å². The summed E-state index contributed by atoms with van der Waals surface area (Å²) in [5.74, 6) is 0.253. The molecular formula is C20H24N2O3S. The molecule has 138 valence electrons. The number of amides is 1. The summed E-state index contributed by atoms with van der Waals surface area (Å²) in [7, 11) is -3.73. The van der Waals surface area contributed by atoms with Gasteiger partial charge in [0, 0.05) is 13.0 Å². The lowest BCUT2D eigenvalue weighted by atomic mass is 10.0. The van der Waals surface area contributed by atoms with E-state index in [9.17, 15) is 13.2 Å². The lowest BCUT2D eigenvalue weighted by Gasteiger charge is -2.24. The van der Waals surface area contributed by atoms with Crippen molar-refractivity contribution in [1.29, 1.82) is 0 Å². The third-order valence-corrected chi connectivity index (χ3v) is 5.90. The minimum atomic E-state index is -3.73. The zero-order valence-electron chi connectivity index (χ0n) is 15.3. The number of nitrogens with zero attached hydrogens (tertiary/aromatic N) is 1. The van der Waals surface area contributed by atoms with Crippen LogP contribution in [0.4, 0.5) is 11.4 Å². The number of hydrogen-bond donors (Lipinski definition) is 1. The zero-order valence-corrected chi connectivity index (χ0v) is 16.1. The molecule has 26 heavy (non-hydrogen) atoms. The van der Waals surface area contributed by atoms with Crippen molar-refractivity contribution < 1.29 is 13.2 Å². The summed E-state index contributed by atoms with van der Waals surface area (Å²) in [5.41, 5.74) is 2.10. The Kier molecular flexibility index (Phi) is 5.05. The van der Waals surface area contributed by atoms with Crippen molar-refractivity contribution in [3.8, 4) is 0 Å². The molecule has 6 heteroatoms. The van der Waals surface area contributed by atoms with Crippen LogP contribution < -0.4 is 9.62 Å². The van der Waals surface area contributed by atoms with Gasteiger partial charge in [-0.05, 0) is 48.6 Å². The first-order chi connectivity index (χ1) is 12.3. The van der Waals surface area contributed by atoms with E-state index in [4.69, 9.17) is 0 Å². The van der Waals surface area contributed by atoms with Gasteiger partial charge in [0.25, 0.3) is 10.0 Å². The summed E-state index contributed by atoms with van der Waals surface area (Å²) < 4.78 is 28.2. The van der Waals surface area contributed by atoms with Gasteiger partial charge >= 0.3 is 0 Å². The molecule has 1 aliphatic carbocycles. The Balaban J connectivity index is 1.92. The van der Waals surface area contributed by atoms with Crippen LogP contribution in [-0.4, -0.2) is 20.4 Å². The molecule has 2 aromatic rings. The van der Waals surface area contributed by atoms with Crippen LogP contribution in [0.1, 0.15) is 45.1 Å². The largest absolute Gasteiger partial charge is 0.308 e. The molecule has 1 saturated carbocycles. The number of anilines is 2. The van der Waals surface area contributed by atoms with Crippen LogP contribution in [0.3, 0.4) is 0 Å². The maximum absolute atomic E-state index is 12.8. The second kappa shape index (κ2) is 7.11. The Morgan fingerprint density at radius 1 is 1.08 bits per heavy atom. The van der Waals surface area contributed by atoms with Gasteiger partial charge in [0.05, 0.1) is 16.3 Å². The summed E-state index contributed by atoms with van der Waals surface area (Å²) in [6.07, 6.45) is 1.88. The molecule has 2 aromatic carbocycles. The summed E-state index contributed by atoms with van der Waals surface area (Å²) in [6, 6.07) is 14.1. The van der Waals surface area contributed by atoms with E-state index in [1.54, 1.807) is 35.2 Å². The smallest absolute Gasteiger partial charge is 0.261 e. The fraction of sp³-hybridized carbons (Fsp3) is 0.350. The number of hydrogen-bond acceptors (Lipinski definition) is 3. The molecular weight excluding hydrogens is 348 g/mol. The van der Waals surface area contributed by atoms with Gasteiger partial charge in [-0.2, -0.15) is 0 Å². The first-order valence-corrected chi connectivity index (χ1v) is 10.3. The van der Waals surface area contributed by atoms with Gasteiger partial charge in [0.2, 0.25) is 5.91 Å². The predicted molar refractivity (Wildman–Crippen MR) is 104 cm³/mol.